The quantitative estimate of drug-likeness (QED) is 0.800. The molecule has 0 spiro atoms. The van der Waals surface area contributed by atoms with Crippen molar-refractivity contribution in [2.75, 3.05) is 4.72 Å². The summed E-state index contributed by atoms with van der Waals surface area (Å²) in [5, 5.41) is 0.325. The lowest BCUT2D eigenvalue weighted by Gasteiger charge is -2.00. The molecule has 9 heteroatoms. The SMILES string of the molecule is O=S(=O)(Nc1nc2ccccc2s1)c1cnc(Cl)s1. The maximum Gasteiger partial charge on any atom is 0.274 e. The van der Waals surface area contributed by atoms with Gasteiger partial charge in [-0.15, -0.1) is 0 Å². The molecule has 1 aromatic carbocycles. The van der Waals surface area contributed by atoms with Gasteiger partial charge in [0.15, 0.2) is 13.8 Å². The Morgan fingerprint density at radius 3 is 2.68 bits per heavy atom. The van der Waals surface area contributed by atoms with Gasteiger partial charge < -0.3 is 0 Å². The van der Waals surface area contributed by atoms with Crippen molar-refractivity contribution in [3.63, 3.8) is 0 Å². The van der Waals surface area contributed by atoms with Gasteiger partial charge in [0, 0.05) is 0 Å². The largest absolute Gasteiger partial charge is 0.274 e. The van der Waals surface area contributed by atoms with Crippen molar-refractivity contribution in [3.05, 3.63) is 34.9 Å². The Morgan fingerprint density at radius 1 is 1.21 bits per heavy atom. The molecule has 0 saturated heterocycles. The first-order valence-corrected chi connectivity index (χ1v) is 8.54. The van der Waals surface area contributed by atoms with Gasteiger partial charge in [-0.25, -0.2) is 18.4 Å². The van der Waals surface area contributed by atoms with Gasteiger partial charge in [0.05, 0.1) is 16.4 Å². The lowest BCUT2D eigenvalue weighted by atomic mass is 10.3. The van der Waals surface area contributed by atoms with Crippen LogP contribution in [0.25, 0.3) is 10.2 Å². The number of thiazole rings is 2. The summed E-state index contributed by atoms with van der Waals surface area (Å²) < 4.78 is 27.7. The molecule has 2 aromatic heterocycles. The number of hydrogen-bond donors (Lipinski definition) is 1. The van der Waals surface area contributed by atoms with Gasteiger partial charge >= 0.3 is 0 Å². The minimum Gasteiger partial charge on any atom is -0.254 e. The van der Waals surface area contributed by atoms with Crippen molar-refractivity contribution >= 4 is 59.6 Å². The molecule has 0 aliphatic heterocycles. The van der Waals surface area contributed by atoms with Gasteiger partial charge in [0.25, 0.3) is 10.0 Å². The molecule has 0 aliphatic rings. The molecule has 5 nitrogen and oxygen atoms in total. The van der Waals surface area contributed by atoms with Crippen LogP contribution < -0.4 is 4.72 Å². The van der Waals surface area contributed by atoms with E-state index in [1.807, 2.05) is 24.3 Å². The Kier molecular flexibility index (Phi) is 3.17. The van der Waals surface area contributed by atoms with E-state index >= 15 is 0 Å². The molecule has 3 rings (SSSR count). The van der Waals surface area contributed by atoms with Crippen LogP contribution in [0.4, 0.5) is 5.13 Å². The molecule has 19 heavy (non-hydrogen) atoms. The molecule has 0 bridgehead atoms. The molecule has 1 N–H and O–H groups in total. The zero-order chi connectivity index (χ0) is 13.5. The average molecular weight is 332 g/mol. The maximum absolute atomic E-state index is 12.1. The summed E-state index contributed by atoms with van der Waals surface area (Å²) in [6, 6.07) is 7.44. The van der Waals surface area contributed by atoms with Crippen molar-refractivity contribution in [2.45, 2.75) is 4.21 Å². The third-order valence-corrected chi connectivity index (χ3v) is 6.23. The summed E-state index contributed by atoms with van der Waals surface area (Å²) in [5.41, 5.74) is 0.757. The Balaban J connectivity index is 1.96. The van der Waals surface area contributed by atoms with Crippen LogP contribution in [0.5, 0.6) is 0 Å². The van der Waals surface area contributed by atoms with E-state index in [1.165, 1.54) is 17.5 Å². The number of halogens is 1. The number of nitrogens with one attached hydrogen (secondary N) is 1. The summed E-state index contributed by atoms with van der Waals surface area (Å²) in [6.07, 6.45) is 1.22. The number of hydrogen-bond acceptors (Lipinski definition) is 6. The Morgan fingerprint density at radius 2 is 2.00 bits per heavy atom. The summed E-state index contributed by atoms with van der Waals surface area (Å²) in [4.78, 5) is 7.92. The number of nitrogens with zero attached hydrogens (tertiary/aromatic N) is 2. The van der Waals surface area contributed by atoms with Gasteiger partial charge in [-0.3, -0.25) is 4.72 Å². The van der Waals surface area contributed by atoms with E-state index in [9.17, 15) is 8.42 Å². The Bertz CT molecular complexity index is 807. The maximum atomic E-state index is 12.1. The molecule has 0 radical (unpaired) electrons. The molecule has 2 heterocycles. The second-order valence-corrected chi connectivity index (χ2v) is 8.08. The highest BCUT2D eigenvalue weighted by atomic mass is 35.5. The first-order chi connectivity index (χ1) is 9.04. The van der Waals surface area contributed by atoms with Crippen LogP contribution in [0.3, 0.4) is 0 Å². The smallest absolute Gasteiger partial charge is 0.254 e. The number of anilines is 1. The van der Waals surface area contributed by atoms with Gasteiger partial charge in [-0.1, -0.05) is 46.4 Å². The van der Waals surface area contributed by atoms with Crippen LogP contribution in [0.1, 0.15) is 0 Å². The van der Waals surface area contributed by atoms with E-state index in [2.05, 4.69) is 14.7 Å². The van der Waals surface area contributed by atoms with Crippen molar-refractivity contribution in [3.8, 4) is 0 Å². The molecule has 98 valence electrons. The van der Waals surface area contributed by atoms with Crippen molar-refractivity contribution < 1.29 is 8.42 Å². The summed E-state index contributed by atoms with van der Waals surface area (Å²) in [5.74, 6) is 0. The minimum absolute atomic E-state index is 0.0664. The lowest BCUT2D eigenvalue weighted by molar-refractivity contribution is 0.603. The Labute approximate surface area is 122 Å². The first kappa shape index (κ1) is 12.8. The van der Waals surface area contributed by atoms with Crippen LogP contribution in [-0.4, -0.2) is 18.4 Å². The summed E-state index contributed by atoms with van der Waals surface area (Å²) >= 11 is 7.81. The minimum atomic E-state index is -3.67. The molecular formula is C10H6ClN3O2S3. The van der Waals surface area contributed by atoms with E-state index in [1.54, 1.807) is 0 Å². The topological polar surface area (TPSA) is 72.0 Å². The van der Waals surface area contributed by atoms with Gasteiger partial charge in [0.1, 0.15) is 0 Å². The van der Waals surface area contributed by atoms with Crippen LogP contribution in [0.2, 0.25) is 4.47 Å². The molecule has 0 fully saturated rings. The second kappa shape index (κ2) is 4.71. The molecule has 0 unspecified atom stereocenters. The van der Waals surface area contributed by atoms with E-state index in [4.69, 9.17) is 11.6 Å². The Hall–Kier alpha value is -1.22. The van der Waals surface area contributed by atoms with Gasteiger partial charge in [0.2, 0.25) is 0 Å². The fourth-order valence-corrected chi connectivity index (χ4v) is 4.84. The molecule has 0 atom stereocenters. The van der Waals surface area contributed by atoms with Gasteiger partial charge in [-0.05, 0) is 12.1 Å². The fraction of sp³-hybridized carbons (Fsp3) is 0. The highest BCUT2D eigenvalue weighted by Gasteiger charge is 2.19. The highest BCUT2D eigenvalue weighted by molar-refractivity contribution is 7.94. The van der Waals surface area contributed by atoms with Crippen molar-refractivity contribution in [1.82, 2.24) is 9.97 Å². The predicted molar refractivity (Wildman–Crippen MR) is 77.6 cm³/mol. The summed E-state index contributed by atoms with van der Waals surface area (Å²) in [7, 11) is -3.67. The van der Waals surface area contributed by atoms with Gasteiger partial charge in [-0.2, -0.15) is 0 Å². The average Bonchev–Trinajstić information content (AvgIpc) is 2.94. The number of aromatic nitrogens is 2. The third kappa shape index (κ3) is 2.57. The normalized spacial score (nSPS) is 11.8. The fourth-order valence-electron chi connectivity index (χ4n) is 1.44. The van der Waals surface area contributed by atoms with Crippen LogP contribution in [-0.2, 0) is 10.0 Å². The van der Waals surface area contributed by atoms with Crippen molar-refractivity contribution in [1.29, 1.82) is 0 Å². The second-order valence-electron chi connectivity index (χ2n) is 3.52. The number of benzene rings is 1. The number of rotatable bonds is 3. The monoisotopic (exact) mass is 331 g/mol. The lowest BCUT2D eigenvalue weighted by Crippen LogP contribution is -2.11. The number of sulfonamides is 1. The first-order valence-electron chi connectivity index (χ1n) is 5.04. The molecule has 0 saturated carbocycles. The van der Waals surface area contributed by atoms with E-state index in [0.717, 1.165) is 21.6 Å². The number of para-hydroxylation sites is 1. The highest BCUT2D eigenvalue weighted by Crippen LogP contribution is 2.29. The van der Waals surface area contributed by atoms with Crippen LogP contribution in [0.15, 0.2) is 34.7 Å². The molecule has 3 aromatic rings. The van der Waals surface area contributed by atoms with E-state index in [-0.39, 0.29) is 8.68 Å². The third-order valence-electron chi connectivity index (χ3n) is 2.24. The number of fused-ring (bicyclic) bond motifs is 1. The molecular weight excluding hydrogens is 326 g/mol. The zero-order valence-corrected chi connectivity index (χ0v) is 12.4. The summed E-state index contributed by atoms with van der Waals surface area (Å²) in [6.45, 7) is 0. The standard InChI is InChI=1S/C10H6ClN3O2S3/c11-9-12-5-8(18-9)19(15,16)14-10-13-6-3-1-2-4-7(6)17-10/h1-5H,(H,13,14). The van der Waals surface area contributed by atoms with Crippen LogP contribution >= 0.6 is 34.3 Å². The van der Waals surface area contributed by atoms with E-state index < -0.39 is 10.0 Å². The predicted octanol–water partition coefficient (Wildman–Crippen LogP) is 3.21. The van der Waals surface area contributed by atoms with E-state index in [0.29, 0.717) is 5.13 Å². The van der Waals surface area contributed by atoms with Crippen LogP contribution in [0, 0.1) is 0 Å². The molecule has 0 amide bonds. The molecule has 0 aliphatic carbocycles. The van der Waals surface area contributed by atoms with Crippen molar-refractivity contribution in [2.24, 2.45) is 0 Å². The zero-order valence-electron chi connectivity index (χ0n) is 9.20.